The standard InChI is InChI=1S/C22H25N5O/c23-20-9-3-10-21-19(20)8-4-12-26(21)16-22(28)24-14-17-6-1-2-7-18(17)15-27-13-5-11-25-27/h1-3,5-7,9-11,13H,4,8,12,14-16,23H2,(H,24,28). The number of rotatable bonds is 6. The van der Waals surface area contributed by atoms with Crippen LogP contribution in [0.1, 0.15) is 23.1 Å². The molecule has 0 fully saturated rings. The smallest absolute Gasteiger partial charge is 0.239 e. The summed E-state index contributed by atoms with van der Waals surface area (Å²) in [5, 5.41) is 7.34. The van der Waals surface area contributed by atoms with Crippen molar-refractivity contribution in [1.82, 2.24) is 15.1 Å². The van der Waals surface area contributed by atoms with Crippen LogP contribution in [0.5, 0.6) is 0 Å². The summed E-state index contributed by atoms with van der Waals surface area (Å²) in [6.45, 7) is 2.42. The van der Waals surface area contributed by atoms with Gasteiger partial charge in [0.05, 0.1) is 13.1 Å². The summed E-state index contributed by atoms with van der Waals surface area (Å²) >= 11 is 0. The maximum Gasteiger partial charge on any atom is 0.239 e. The first-order valence-electron chi connectivity index (χ1n) is 9.64. The lowest BCUT2D eigenvalue weighted by atomic mass is 10.00. The molecule has 0 aliphatic carbocycles. The number of hydrogen-bond donors (Lipinski definition) is 2. The molecule has 0 radical (unpaired) electrons. The second kappa shape index (κ2) is 8.17. The number of nitrogens with one attached hydrogen (secondary N) is 1. The molecule has 0 saturated heterocycles. The fourth-order valence-corrected chi connectivity index (χ4v) is 3.77. The topological polar surface area (TPSA) is 76.2 Å². The number of carbonyl (C=O) groups is 1. The highest BCUT2D eigenvalue weighted by atomic mass is 16.2. The number of anilines is 2. The zero-order valence-electron chi connectivity index (χ0n) is 15.8. The Bertz CT molecular complexity index is 951. The van der Waals surface area contributed by atoms with E-state index in [1.165, 1.54) is 0 Å². The first-order valence-corrected chi connectivity index (χ1v) is 9.64. The number of aromatic nitrogens is 2. The van der Waals surface area contributed by atoms with Crippen LogP contribution in [0.2, 0.25) is 0 Å². The van der Waals surface area contributed by atoms with E-state index in [0.29, 0.717) is 19.6 Å². The van der Waals surface area contributed by atoms with Gasteiger partial charge >= 0.3 is 0 Å². The van der Waals surface area contributed by atoms with Crippen molar-refractivity contribution >= 4 is 17.3 Å². The van der Waals surface area contributed by atoms with E-state index in [0.717, 1.165) is 47.5 Å². The zero-order chi connectivity index (χ0) is 19.3. The molecule has 6 nitrogen and oxygen atoms in total. The van der Waals surface area contributed by atoms with E-state index in [9.17, 15) is 4.79 Å². The van der Waals surface area contributed by atoms with Crippen LogP contribution < -0.4 is 16.0 Å². The maximum atomic E-state index is 12.6. The van der Waals surface area contributed by atoms with Gasteiger partial charge < -0.3 is 16.0 Å². The largest absolute Gasteiger partial charge is 0.398 e. The van der Waals surface area contributed by atoms with Crippen molar-refractivity contribution in [2.24, 2.45) is 0 Å². The minimum absolute atomic E-state index is 0.0177. The van der Waals surface area contributed by atoms with E-state index in [2.05, 4.69) is 33.5 Å². The Kier molecular flexibility index (Phi) is 5.28. The van der Waals surface area contributed by atoms with Crippen molar-refractivity contribution in [3.05, 3.63) is 77.6 Å². The van der Waals surface area contributed by atoms with Crippen molar-refractivity contribution in [2.75, 3.05) is 23.7 Å². The molecular formula is C22H25N5O. The van der Waals surface area contributed by atoms with Gasteiger partial charge in [0.15, 0.2) is 0 Å². The van der Waals surface area contributed by atoms with E-state index in [1.54, 1.807) is 6.20 Å². The molecule has 0 bridgehead atoms. The highest BCUT2D eigenvalue weighted by molar-refractivity contribution is 5.82. The summed E-state index contributed by atoms with van der Waals surface area (Å²) < 4.78 is 1.88. The fourth-order valence-electron chi connectivity index (χ4n) is 3.77. The Hall–Kier alpha value is -3.28. The van der Waals surface area contributed by atoms with Crippen LogP contribution in [0.25, 0.3) is 0 Å². The Balaban J connectivity index is 1.39. The van der Waals surface area contributed by atoms with Crippen molar-refractivity contribution in [3.63, 3.8) is 0 Å². The van der Waals surface area contributed by atoms with Crippen LogP contribution in [0, 0.1) is 0 Å². The van der Waals surface area contributed by atoms with Gasteiger partial charge in [0.25, 0.3) is 0 Å². The lowest BCUT2D eigenvalue weighted by molar-refractivity contribution is -0.119. The van der Waals surface area contributed by atoms with Gasteiger partial charge in [-0.15, -0.1) is 0 Å². The molecular weight excluding hydrogens is 350 g/mol. The van der Waals surface area contributed by atoms with Gasteiger partial charge in [-0.3, -0.25) is 9.48 Å². The summed E-state index contributed by atoms with van der Waals surface area (Å²) in [6.07, 6.45) is 5.70. The molecule has 2 aromatic carbocycles. The summed E-state index contributed by atoms with van der Waals surface area (Å²) in [5.74, 6) is 0.0177. The first-order chi connectivity index (χ1) is 13.7. The van der Waals surface area contributed by atoms with Crippen LogP contribution in [0.15, 0.2) is 60.9 Å². The molecule has 3 N–H and O–H groups in total. The monoisotopic (exact) mass is 375 g/mol. The van der Waals surface area contributed by atoms with E-state index in [1.807, 2.05) is 41.2 Å². The van der Waals surface area contributed by atoms with Crippen LogP contribution in [0.3, 0.4) is 0 Å². The average molecular weight is 375 g/mol. The van der Waals surface area contributed by atoms with Gasteiger partial charge in [-0.05, 0) is 47.7 Å². The SMILES string of the molecule is Nc1cccc2c1CCCN2CC(=O)NCc1ccccc1Cn1cccn1. The van der Waals surface area contributed by atoms with Gasteiger partial charge in [-0.25, -0.2) is 0 Å². The predicted octanol–water partition coefficient (Wildman–Crippen LogP) is 2.58. The molecule has 144 valence electrons. The van der Waals surface area contributed by atoms with Gasteiger partial charge in [0.2, 0.25) is 5.91 Å². The van der Waals surface area contributed by atoms with Crippen molar-refractivity contribution < 1.29 is 4.79 Å². The molecule has 1 amide bonds. The second-order valence-corrected chi connectivity index (χ2v) is 7.12. The van der Waals surface area contributed by atoms with Crippen molar-refractivity contribution in [2.45, 2.75) is 25.9 Å². The lowest BCUT2D eigenvalue weighted by Gasteiger charge is -2.31. The summed E-state index contributed by atoms with van der Waals surface area (Å²) in [4.78, 5) is 14.7. The van der Waals surface area contributed by atoms with Crippen LogP contribution in [-0.2, 0) is 24.3 Å². The summed E-state index contributed by atoms with van der Waals surface area (Å²) in [6, 6.07) is 16.0. The summed E-state index contributed by atoms with van der Waals surface area (Å²) in [7, 11) is 0. The summed E-state index contributed by atoms with van der Waals surface area (Å²) in [5.41, 5.74) is 11.4. The van der Waals surface area contributed by atoms with Crippen LogP contribution in [-0.4, -0.2) is 28.8 Å². The minimum atomic E-state index is 0.0177. The number of fused-ring (bicyclic) bond motifs is 1. The van der Waals surface area contributed by atoms with Crippen LogP contribution in [0.4, 0.5) is 11.4 Å². The second-order valence-electron chi connectivity index (χ2n) is 7.12. The molecule has 0 atom stereocenters. The Labute approximate surface area is 165 Å². The van der Waals surface area contributed by atoms with Gasteiger partial charge in [-0.1, -0.05) is 30.3 Å². The molecule has 1 aliphatic rings. The molecule has 1 aromatic heterocycles. The zero-order valence-corrected chi connectivity index (χ0v) is 15.8. The fraction of sp³-hybridized carbons (Fsp3) is 0.273. The molecule has 28 heavy (non-hydrogen) atoms. The molecule has 2 heterocycles. The van der Waals surface area contributed by atoms with Gasteiger partial charge in [0.1, 0.15) is 0 Å². The number of nitrogens with two attached hydrogens (primary N) is 1. The number of nitrogen functional groups attached to an aromatic ring is 1. The number of hydrogen-bond acceptors (Lipinski definition) is 4. The third kappa shape index (κ3) is 4.01. The van der Waals surface area contributed by atoms with E-state index >= 15 is 0 Å². The predicted molar refractivity (Wildman–Crippen MR) is 111 cm³/mol. The Morgan fingerprint density at radius 3 is 2.79 bits per heavy atom. The number of nitrogens with zero attached hydrogens (tertiary/aromatic N) is 3. The molecule has 0 unspecified atom stereocenters. The third-order valence-corrected chi connectivity index (χ3v) is 5.20. The van der Waals surface area contributed by atoms with Crippen molar-refractivity contribution in [1.29, 1.82) is 0 Å². The average Bonchev–Trinajstić information content (AvgIpc) is 3.21. The normalized spacial score (nSPS) is 13.2. The number of carbonyl (C=O) groups excluding carboxylic acids is 1. The first kappa shape index (κ1) is 18.1. The van der Waals surface area contributed by atoms with Crippen molar-refractivity contribution in [3.8, 4) is 0 Å². The molecule has 1 aliphatic heterocycles. The molecule has 0 saturated carbocycles. The van der Waals surface area contributed by atoms with Gasteiger partial charge in [0, 0.05) is 36.9 Å². The lowest BCUT2D eigenvalue weighted by Crippen LogP contribution is -2.39. The van der Waals surface area contributed by atoms with Gasteiger partial charge in [-0.2, -0.15) is 5.10 Å². The molecule has 3 aromatic rings. The Morgan fingerprint density at radius 1 is 1.11 bits per heavy atom. The third-order valence-electron chi connectivity index (χ3n) is 5.20. The quantitative estimate of drug-likeness (QED) is 0.650. The highest BCUT2D eigenvalue weighted by Crippen LogP contribution is 2.30. The van der Waals surface area contributed by atoms with E-state index in [4.69, 9.17) is 5.73 Å². The Morgan fingerprint density at radius 2 is 1.96 bits per heavy atom. The van der Waals surface area contributed by atoms with Crippen LogP contribution >= 0.6 is 0 Å². The maximum absolute atomic E-state index is 12.6. The highest BCUT2D eigenvalue weighted by Gasteiger charge is 2.20. The van der Waals surface area contributed by atoms with E-state index in [-0.39, 0.29) is 5.91 Å². The van der Waals surface area contributed by atoms with E-state index < -0.39 is 0 Å². The molecule has 6 heteroatoms. The molecule has 4 rings (SSSR count). The number of benzene rings is 2. The minimum Gasteiger partial charge on any atom is -0.398 e. The number of amides is 1. The molecule has 0 spiro atoms.